The first-order chi connectivity index (χ1) is 14.2. The van der Waals surface area contributed by atoms with Gasteiger partial charge in [-0.05, 0) is 89.6 Å². The molecule has 5 heteroatoms. The Labute approximate surface area is 178 Å². The number of carbonyl (C=O) groups excluding carboxylic acids is 1. The summed E-state index contributed by atoms with van der Waals surface area (Å²) in [6.45, 7) is 8.23. The minimum atomic E-state index is -0.656. The third-order valence-electron chi connectivity index (χ3n) is 6.88. The maximum absolute atomic E-state index is 13.3. The van der Waals surface area contributed by atoms with Crippen LogP contribution in [0.3, 0.4) is 0 Å². The van der Waals surface area contributed by atoms with Gasteiger partial charge in [-0.1, -0.05) is 0 Å². The largest absolute Gasteiger partial charge is 0.390 e. The molecule has 1 N–H and O–H groups in total. The quantitative estimate of drug-likeness (QED) is 0.733. The van der Waals surface area contributed by atoms with Crippen molar-refractivity contribution in [2.24, 2.45) is 5.92 Å². The van der Waals surface area contributed by atoms with Crippen LogP contribution in [-0.4, -0.2) is 44.6 Å². The summed E-state index contributed by atoms with van der Waals surface area (Å²) in [5.74, 6) is 0.645. The van der Waals surface area contributed by atoms with Gasteiger partial charge in [-0.3, -0.25) is 9.69 Å². The van der Waals surface area contributed by atoms with E-state index in [9.17, 15) is 9.90 Å². The van der Waals surface area contributed by atoms with Gasteiger partial charge in [0.05, 0.1) is 23.8 Å². The first-order valence-corrected chi connectivity index (χ1v) is 10.9. The van der Waals surface area contributed by atoms with E-state index in [0.29, 0.717) is 30.1 Å². The Balaban J connectivity index is 1.53. The first kappa shape index (κ1) is 20.8. The number of nitrogens with zero attached hydrogens (tertiary/aromatic N) is 3. The molecule has 1 aromatic heterocycles. The standard InChI is InChI=1S/C25H31N3O2/c1-16-11-22(17(2)28(16)20-7-5-18(14-26)6-8-20)24(29)15-27-21-9-10-23(27)19(12-21)13-25(3,4)30/h5-8,11,19,21,23,30H,9-10,12-13,15H2,1-4H3/t19-,21?,23?/m1/s1. The van der Waals surface area contributed by atoms with Gasteiger partial charge in [0, 0.05) is 34.7 Å². The van der Waals surface area contributed by atoms with Crippen LogP contribution in [0.25, 0.3) is 5.69 Å². The number of aromatic nitrogens is 1. The zero-order valence-electron chi connectivity index (χ0n) is 18.4. The fourth-order valence-corrected chi connectivity index (χ4v) is 5.72. The number of aliphatic hydroxyl groups is 1. The van der Waals surface area contributed by atoms with Gasteiger partial charge in [0.15, 0.2) is 5.78 Å². The van der Waals surface area contributed by atoms with Crippen molar-refractivity contribution < 1.29 is 9.90 Å². The van der Waals surface area contributed by atoms with Crippen molar-refractivity contribution in [2.45, 2.75) is 71.1 Å². The highest BCUT2D eigenvalue weighted by Crippen LogP contribution is 2.44. The molecule has 2 fully saturated rings. The molecule has 3 atom stereocenters. The molecular formula is C25H31N3O2. The van der Waals surface area contributed by atoms with Crippen LogP contribution in [0.1, 0.15) is 66.8 Å². The number of aryl methyl sites for hydroxylation is 1. The van der Waals surface area contributed by atoms with Gasteiger partial charge in [0.25, 0.3) is 0 Å². The first-order valence-electron chi connectivity index (χ1n) is 10.9. The average molecular weight is 406 g/mol. The monoisotopic (exact) mass is 405 g/mol. The van der Waals surface area contributed by atoms with E-state index in [1.165, 1.54) is 0 Å². The highest BCUT2D eigenvalue weighted by atomic mass is 16.3. The molecule has 5 nitrogen and oxygen atoms in total. The number of ketones is 1. The smallest absolute Gasteiger partial charge is 0.178 e. The summed E-state index contributed by atoms with van der Waals surface area (Å²) >= 11 is 0. The van der Waals surface area contributed by atoms with Crippen LogP contribution in [0.2, 0.25) is 0 Å². The number of nitriles is 1. The number of Topliss-reactive ketones (excluding diaryl/α,β-unsaturated/α-hetero) is 1. The number of hydrogen-bond acceptors (Lipinski definition) is 4. The molecular weight excluding hydrogens is 374 g/mol. The molecule has 3 heterocycles. The van der Waals surface area contributed by atoms with Crippen molar-refractivity contribution in [3.63, 3.8) is 0 Å². The summed E-state index contributed by atoms with van der Waals surface area (Å²) in [6, 6.07) is 12.5. The summed E-state index contributed by atoms with van der Waals surface area (Å²) in [6.07, 6.45) is 4.17. The minimum Gasteiger partial charge on any atom is -0.390 e. The van der Waals surface area contributed by atoms with Crippen molar-refractivity contribution >= 4 is 5.78 Å². The average Bonchev–Trinajstić information content (AvgIpc) is 3.31. The Hall–Kier alpha value is -2.42. The van der Waals surface area contributed by atoms with Crippen molar-refractivity contribution in [3.05, 3.63) is 52.8 Å². The predicted octanol–water partition coefficient (Wildman–Crippen LogP) is 4.16. The molecule has 158 valence electrons. The number of rotatable bonds is 6. The van der Waals surface area contributed by atoms with Crippen LogP contribution in [0.4, 0.5) is 0 Å². The van der Waals surface area contributed by atoms with Crippen LogP contribution in [0.5, 0.6) is 0 Å². The Bertz CT molecular complexity index is 991. The second kappa shape index (κ2) is 7.68. The highest BCUT2D eigenvalue weighted by Gasteiger charge is 2.47. The number of benzene rings is 1. The number of fused-ring (bicyclic) bond motifs is 2. The van der Waals surface area contributed by atoms with E-state index in [1.54, 1.807) is 12.1 Å². The van der Waals surface area contributed by atoms with E-state index in [2.05, 4.69) is 15.5 Å². The maximum Gasteiger partial charge on any atom is 0.178 e. The summed E-state index contributed by atoms with van der Waals surface area (Å²) in [5.41, 5.74) is 3.68. The molecule has 2 saturated heterocycles. The summed E-state index contributed by atoms with van der Waals surface area (Å²) in [7, 11) is 0. The second-order valence-corrected chi connectivity index (χ2v) is 9.69. The molecule has 0 aliphatic carbocycles. The summed E-state index contributed by atoms with van der Waals surface area (Å²) < 4.78 is 2.09. The van der Waals surface area contributed by atoms with Crippen molar-refractivity contribution in [2.75, 3.05) is 6.54 Å². The molecule has 30 heavy (non-hydrogen) atoms. The minimum absolute atomic E-state index is 0.170. The topological polar surface area (TPSA) is 69.3 Å². The Morgan fingerprint density at radius 1 is 1.23 bits per heavy atom. The van der Waals surface area contributed by atoms with E-state index in [4.69, 9.17) is 5.26 Å². The normalized spacial score (nSPS) is 23.7. The fraction of sp³-hybridized carbons (Fsp3) is 0.520. The van der Waals surface area contributed by atoms with Gasteiger partial charge in [0.1, 0.15) is 0 Å². The molecule has 2 aromatic rings. The van der Waals surface area contributed by atoms with E-state index in [1.807, 2.05) is 45.9 Å². The lowest BCUT2D eigenvalue weighted by Crippen LogP contribution is -2.36. The summed E-state index contributed by atoms with van der Waals surface area (Å²) in [5, 5.41) is 19.3. The van der Waals surface area contributed by atoms with Crippen LogP contribution in [-0.2, 0) is 0 Å². The highest BCUT2D eigenvalue weighted by molar-refractivity contribution is 5.99. The Morgan fingerprint density at radius 2 is 1.93 bits per heavy atom. The molecule has 0 saturated carbocycles. The lowest BCUT2D eigenvalue weighted by Gasteiger charge is -2.28. The molecule has 2 aliphatic heterocycles. The molecule has 2 bridgehead atoms. The number of hydrogen-bond donors (Lipinski definition) is 1. The van der Waals surface area contributed by atoms with Gasteiger partial charge in [-0.25, -0.2) is 0 Å². The molecule has 1 aromatic carbocycles. The van der Waals surface area contributed by atoms with Gasteiger partial charge in [-0.2, -0.15) is 5.26 Å². The van der Waals surface area contributed by atoms with Gasteiger partial charge >= 0.3 is 0 Å². The third-order valence-corrected chi connectivity index (χ3v) is 6.88. The van der Waals surface area contributed by atoms with Crippen molar-refractivity contribution in [1.29, 1.82) is 5.26 Å². The molecule has 2 aliphatic rings. The lowest BCUT2D eigenvalue weighted by atomic mass is 9.82. The molecule has 2 unspecified atom stereocenters. The van der Waals surface area contributed by atoms with E-state index in [0.717, 1.165) is 48.3 Å². The van der Waals surface area contributed by atoms with Crippen molar-refractivity contribution in [1.82, 2.24) is 9.47 Å². The fourth-order valence-electron chi connectivity index (χ4n) is 5.72. The molecule has 0 spiro atoms. The third kappa shape index (κ3) is 3.82. The van der Waals surface area contributed by atoms with Crippen LogP contribution in [0.15, 0.2) is 30.3 Å². The summed E-state index contributed by atoms with van der Waals surface area (Å²) in [4.78, 5) is 15.7. The van der Waals surface area contributed by atoms with Crippen molar-refractivity contribution in [3.8, 4) is 11.8 Å². The van der Waals surface area contributed by atoms with Gasteiger partial charge < -0.3 is 9.67 Å². The molecule has 4 rings (SSSR count). The van der Waals surface area contributed by atoms with E-state index >= 15 is 0 Å². The zero-order valence-corrected chi connectivity index (χ0v) is 18.4. The van der Waals surface area contributed by atoms with Crippen LogP contribution in [0, 0.1) is 31.1 Å². The van der Waals surface area contributed by atoms with Crippen LogP contribution >= 0.6 is 0 Å². The predicted molar refractivity (Wildman–Crippen MR) is 117 cm³/mol. The lowest BCUT2D eigenvalue weighted by molar-refractivity contribution is 0.0449. The van der Waals surface area contributed by atoms with E-state index in [-0.39, 0.29) is 5.78 Å². The Morgan fingerprint density at radius 3 is 2.57 bits per heavy atom. The second-order valence-electron chi connectivity index (χ2n) is 9.69. The Kier molecular flexibility index (Phi) is 5.34. The molecule has 0 amide bonds. The maximum atomic E-state index is 13.3. The number of carbonyl (C=O) groups is 1. The van der Waals surface area contributed by atoms with E-state index < -0.39 is 5.60 Å². The van der Waals surface area contributed by atoms with Crippen LogP contribution < -0.4 is 0 Å². The zero-order chi connectivity index (χ0) is 21.6. The SMILES string of the molecule is Cc1cc(C(=O)CN2C3CCC2[C@@H](CC(C)(C)O)C3)c(C)n1-c1ccc(C#N)cc1. The molecule has 0 radical (unpaired) electrons. The van der Waals surface area contributed by atoms with Gasteiger partial charge in [-0.15, -0.1) is 0 Å². The van der Waals surface area contributed by atoms with Gasteiger partial charge in [0.2, 0.25) is 0 Å².